The van der Waals surface area contributed by atoms with Crippen molar-refractivity contribution in [1.29, 1.82) is 0 Å². The number of hydrogen-bond donors (Lipinski definition) is 4. The molecule has 0 aliphatic rings. The van der Waals surface area contributed by atoms with Crippen molar-refractivity contribution in [3.8, 4) is 5.75 Å². The molecule has 2 rings (SSSR count). The summed E-state index contributed by atoms with van der Waals surface area (Å²) in [5, 5.41) is 21.3. The van der Waals surface area contributed by atoms with E-state index in [0.717, 1.165) is 0 Å². The summed E-state index contributed by atoms with van der Waals surface area (Å²) in [4.78, 5) is 11.0. The van der Waals surface area contributed by atoms with Gasteiger partial charge in [0, 0.05) is 5.69 Å². The number of phenolic OH excluding ortho intramolecular Hbond substituents is 1. The number of carboxylic acid groups (broad SMARTS) is 1. The Morgan fingerprint density at radius 2 is 1.89 bits per heavy atom. The summed E-state index contributed by atoms with van der Waals surface area (Å²) in [5.41, 5.74) is 7.04. The number of aromatic hydroxyl groups is 1. The molecule has 0 saturated carbocycles. The lowest BCUT2D eigenvalue weighted by atomic mass is 10.1. The van der Waals surface area contributed by atoms with Gasteiger partial charge in [-0.2, -0.15) is 0 Å². The topological polar surface area (TPSA) is 95.6 Å². The van der Waals surface area contributed by atoms with Gasteiger partial charge < -0.3 is 21.3 Å². The van der Waals surface area contributed by atoms with E-state index >= 15 is 0 Å². The second kappa shape index (κ2) is 4.67. The van der Waals surface area contributed by atoms with Gasteiger partial charge in [-0.05, 0) is 30.3 Å². The van der Waals surface area contributed by atoms with Crippen molar-refractivity contribution in [3.05, 3.63) is 48.0 Å². The van der Waals surface area contributed by atoms with Gasteiger partial charge in [-0.1, -0.05) is 12.1 Å². The molecule has 0 aliphatic carbocycles. The zero-order valence-corrected chi connectivity index (χ0v) is 9.42. The first-order chi connectivity index (χ1) is 8.58. The number of nitrogens with one attached hydrogen (secondary N) is 1. The Balaban J connectivity index is 2.34. The number of anilines is 3. The van der Waals surface area contributed by atoms with Gasteiger partial charge in [0.1, 0.15) is 5.75 Å². The van der Waals surface area contributed by atoms with Crippen LogP contribution in [-0.4, -0.2) is 16.2 Å². The normalized spacial score (nSPS) is 10.0. The first kappa shape index (κ1) is 11.8. The maximum atomic E-state index is 11.0. The van der Waals surface area contributed by atoms with E-state index in [1.165, 1.54) is 18.2 Å². The highest BCUT2D eigenvalue weighted by Gasteiger charge is 2.09. The van der Waals surface area contributed by atoms with Gasteiger partial charge in [-0.25, -0.2) is 4.79 Å². The summed E-state index contributed by atoms with van der Waals surface area (Å²) in [7, 11) is 0. The van der Waals surface area contributed by atoms with Crippen molar-refractivity contribution in [2.45, 2.75) is 0 Å². The molecule has 5 nitrogen and oxygen atoms in total. The molecule has 18 heavy (non-hydrogen) atoms. The molecule has 5 N–H and O–H groups in total. The number of carbonyl (C=O) groups is 1. The predicted molar refractivity (Wildman–Crippen MR) is 69.2 cm³/mol. The minimum absolute atomic E-state index is 0.00734. The van der Waals surface area contributed by atoms with Crippen molar-refractivity contribution < 1.29 is 15.0 Å². The van der Waals surface area contributed by atoms with Crippen molar-refractivity contribution in [2.75, 3.05) is 11.1 Å². The molecular weight excluding hydrogens is 232 g/mol. The summed E-state index contributed by atoms with van der Waals surface area (Å²) in [6.07, 6.45) is 0. The quantitative estimate of drug-likeness (QED) is 0.378. The van der Waals surface area contributed by atoms with Crippen LogP contribution in [0.3, 0.4) is 0 Å². The van der Waals surface area contributed by atoms with Crippen LogP contribution in [0.2, 0.25) is 0 Å². The number of nitrogens with two attached hydrogens (primary N) is 1. The molecule has 0 atom stereocenters. The van der Waals surface area contributed by atoms with Gasteiger partial charge in [0.25, 0.3) is 0 Å². The highest BCUT2D eigenvalue weighted by molar-refractivity contribution is 5.95. The van der Waals surface area contributed by atoms with Crippen molar-refractivity contribution in [2.24, 2.45) is 0 Å². The molecule has 2 aromatic rings. The molecule has 0 aromatic heterocycles. The number of hydrogen-bond acceptors (Lipinski definition) is 4. The third-order valence-electron chi connectivity index (χ3n) is 2.46. The molecule has 92 valence electrons. The highest BCUT2D eigenvalue weighted by Crippen LogP contribution is 2.27. The molecule has 0 fully saturated rings. The summed E-state index contributed by atoms with van der Waals surface area (Å²) < 4.78 is 0. The molecule has 0 saturated heterocycles. The Morgan fingerprint density at radius 3 is 2.56 bits per heavy atom. The van der Waals surface area contributed by atoms with Crippen LogP contribution in [0.4, 0.5) is 17.1 Å². The van der Waals surface area contributed by atoms with Crippen LogP contribution in [0.15, 0.2) is 42.5 Å². The minimum Gasteiger partial charge on any atom is -0.506 e. The van der Waals surface area contributed by atoms with Crippen LogP contribution in [0.1, 0.15) is 10.4 Å². The number of aromatic carboxylic acids is 1. The molecule has 2 aromatic carbocycles. The van der Waals surface area contributed by atoms with Gasteiger partial charge in [-0.3, -0.25) is 0 Å². The van der Waals surface area contributed by atoms with Gasteiger partial charge in [0.05, 0.1) is 16.9 Å². The predicted octanol–water partition coefficient (Wildman–Crippen LogP) is 2.42. The fourth-order valence-corrected chi connectivity index (χ4v) is 1.57. The first-order valence-electron chi connectivity index (χ1n) is 5.26. The number of nitrogen functional groups attached to an aromatic ring is 1. The Labute approximate surface area is 103 Å². The zero-order chi connectivity index (χ0) is 13.1. The van der Waals surface area contributed by atoms with E-state index in [2.05, 4.69) is 5.32 Å². The molecule has 0 aliphatic heterocycles. The van der Waals surface area contributed by atoms with E-state index in [0.29, 0.717) is 11.4 Å². The standard InChI is InChI=1S/C13H12N2O3/c14-10-7-8(5-6-12(10)16)15-11-4-2-1-3-9(11)13(17)18/h1-7,15-16H,14H2,(H,17,18). The SMILES string of the molecule is Nc1cc(Nc2ccccc2C(=O)O)ccc1O. The van der Waals surface area contributed by atoms with Crippen LogP contribution in [0.25, 0.3) is 0 Å². The third kappa shape index (κ3) is 2.35. The molecule has 0 radical (unpaired) electrons. The van der Waals surface area contributed by atoms with E-state index in [4.69, 9.17) is 10.8 Å². The zero-order valence-electron chi connectivity index (χ0n) is 9.42. The molecular formula is C13H12N2O3. The number of benzene rings is 2. The van der Waals surface area contributed by atoms with E-state index in [-0.39, 0.29) is 17.0 Å². The fraction of sp³-hybridized carbons (Fsp3) is 0. The van der Waals surface area contributed by atoms with Gasteiger partial charge in [0.2, 0.25) is 0 Å². The van der Waals surface area contributed by atoms with Gasteiger partial charge in [0.15, 0.2) is 0 Å². The molecule has 0 bridgehead atoms. The van der Waals surface area contributed by atoms with E-state index in [9.17, 15) is 9.90 Å². The summed E-state index contributed by atoms with van der Waals surface area (Å²) >= 11 is 0. The number of phenols is 1. The van der Waals surface area contributed by atoms with E-state index < -0.39 is 5.97 Å². The molecule has 0 unspecified atom stereocenters. The lowest BCUT2D eigenvalue weighted by Crippen LogP contribution is -2.02. The highest BCUT2D eigenvalue weighted by atomic mass is 16.4. The average molecular weight is 244 g/mol. The monoisotopic (exact) mass is 244 g/mol. The van der Waals surface area contributed by atoms with Gasteiger partial charge >= 0.3 is 5.97 Å². The maximum absolute atomic E-state index is 11.0. The number of rotatable bonds is 3. The smallest absolute Gasteiger partial charge is 0.337 e. The fourth-order valence-electron chi connectivity index (χ4n) is 1.57. The van der Waals surface area contributed by atoms with Crippen molar-refractivity contribution >= 4 is 23.0 Å². The molecule has 0 amide bonds. The second-order valence-electron chi connectivity index (χ2n) is 3.75. The Hall–Kier alpha value is -2.69. The van der Waals surface area contributed by atoms with Crippen molar-refractivity contribution in [3.63, 3.8) is 0 Å². The Bertz CT molecular complexity index is 597. The molecule has 0 spiro atoms. The summed E-state index contributed by atoms with van der Waals surface area (Å²) in [6.45, 7) is 0. The molecule has 0 heterocycles. The van der Waals surface area contributed by atoms with Crippen LogP contribution in [0, 0.1) is 0 Å². The lowest BCUT2D eigenvalue weighted by molar-refractivity contribution is 0.0698. The van der Waals surface area contributed by atoms with Crippen LogP contribution < -0.4 is 11.1 Å². The van der Waals surface area contributed by atoms with Crippen molar-refractivity contribution in [1.82, 2.24) is 0 Å². The van der Waals surface area contributed by atoms with E-state index in [1.54, 1.807) is 24.3 Å². The second-order valence-corrected chi connectivity index (χ2v) is 3.75. The maximum Gasteiger partial charge on any atom is 0.337 e. The molecule has 5 heteroatoms. The number of carboxylic acids is 1. The first-order valence-corrected chi connectivity index (χ1v) is 5.26. The van der Waals surface area contributed by atoms with Crippen LogP contribution in [0.5, 0.6) is 5.75 Å². The number of para-hydroxylation sites is 1. The third-order valence-corrected chi connectivity index (χ3v) is 2.46. The minimum atomic E-state index is -1.01. The Morgan fingerprint density at radius 1 is 1.17 bits per heavy atom. The largest absolute Gasteiger partial charge is 0.506 e. The Kier molecular flexibility index (Phi) is 3.05. The average Bonchev–Trinajstić information content (AvgIpc) is 2.34. The van der Waals surface area contributed by atoms with E-state index in [1.807, 2.05) is 0 Å². The van der Waals surface area contributed by atoms with Crippen LogP contribution in [-0.2, 0) is 0 Å². The van der Waals surface area contributed by atoms with Crippen LogP contribution >= 0.6 is 0 Å². The lowest BCUT2D eigenvalue weighted by Gasteiger charge is -2.10. The summed E-state index contributed by atoms with van der Waals surface area (Å²) in [6, 6.07) is 11.2. The summed E-state index contributed by atoms with van der Waals surface area (Å²) in [5.74, 6) is -1.02. The van der Waals surface area contributed by atoms with Gasteiger partial charge in [-0.15, -0.1) is 0 Å².